The van der Waals surface area contributed by atoms with E-state index < -0.39 is 0 Å². The molecule has 0 aliphatic heterocycles. The van der Waals surface area contributed by atoms with Crippen molar-refractivity contribution in [2.24, 2.45) is 0 Å². The molecule has 0 amide bonds. The Kier molecular flexibility index (Phi) is 3.95. The fourth-order valence-corrected chi connectivity index (χ4v) is 1.96. The van der Waals surface area contributed by atoms with Crippen molar-refractivity contribution >= 4 is 51.2 Å². The van der Waals surface area contributed by atoms with Crippen molar-refractivity contribution in [3.05, 3.63) is 13.7 Å². The first-order valence-electron chi connectivity index (χ1n) is 3.53. The summed E-state index contributed by atoms with van der Waals surface area (Å²) in [6.07, 6.45) is 1.64. The zero-order valence-electron chi connectivity index (χ0n) is 7.12. The molecule has 0 bridgehead atoms. The smallest absolute Gasteiger partial charge is 0.328 e. The van der Waals surface area contributed by atoms with Gasteiger partial charge in [0, 0.05) is 0 Å². The molecule has 0 saturated heterocycles. The van der Waals surface area contributed by atoms with E-state index in [0.717, 1.165) is 7.40 Å². The van der Waals surface area contributed by atoms with Crippen LogP contribution in [0.1, 0.15) is 13.0 Å². The van der Waals surface area contributed by atoms with E-state index in [2.05, 4.69) is 54.9 Å². The third kappa shape index (κ3) is 2.33. The largest absolute Gasteiger partial charge is 0.467 e. The number of nitrogens with zero attached hydrogens (tertiary/aromatic N) is 2. The molecule has 0 fully saturated rings. The van der Waals surface area contributed by atoms with Gasteiger partial charge in [-0.15, -0.1) is 0 Å². The Morgan fingerprint density at radius 3 is 2.69 bits per heavy atom. The van der Waals surface area contributed by atoms with Crippen LogP contribution in [-0.2, 0) is 9.53 Å². The van der Waals surface area contributed by atoms with Crippen molar-refractivity contribution in [1.82, 2.24) is 9.55 Å². The van der Waals surface area contributed by atoms with Gasteiger partial charge in [0.25, 0.3) is 0 Å². The third-order valence-electron chi connectivity index (χ3n) is 1.65. The number of carbonyl (C=O) groups excluding carboxylic acids is 1. The van der Waals surface area contributed by atoms with Crippen LogP contribution in [0.15, 0.2) is 6.33 Å². The van der Waals surface area contributed by atoms with E-state index in [4.69, 9.17) is 0 Å². The fraction of sp³-hybridized carbons (Fsp3) is 0.429. The standard InChI is InChI=1S/C7H8I2N2O2/c1-4(7(12)13-2)11-3-10-5(8)6(11)9/h3-4H,1-2H3/t4-/m1/s1. The molecule has 1 atom stereocenters. The van der Waals surface area contributed by atoms with Crippen molar-refractivity contribution < 1.29 is 9.53 Å². The minimum absolute atomic E-state index is 0.258. The van der Waals surface area contributed by atoms with Gasteiger partial charge in [0.1, 0.15) is 13.4 Å². The maximum absolute atomic E-state index is 11.2. The highest BCUT2D eigenvalue weighted by Gasteiger charge is 2.18. The Morgan fingerprint density at radius 1 is 1.69 bits per heavy atom. The van der Waals surface area contributed by atoms with E-state index in [0.29, 0.717) is 0 Å². The van der Waals surface area contributed by atoms with Crippen LogP contribution in [0.5, 0.6) is 0 Å². The second kappa shape index (κ2) is 4.58. The number of ether oxygens (including phenoxy) is 1. The Hall–Kier alpha value is 0.140. The number of halogens is 2. The molecular weight excluding hydrogens is 398 g/mol. The summed E-state index contributed by atoms with van der Waals surface area (Å²) < 4.78 is 8.28. The monoisotopic (exact) mass is 406 g/mol. The molecule has 0 saturated carbocycles. The van der Waals surface area contributed by atoms with Crippen LogP contribution in [0, 0.1) is 7.40 Å². The van der Waals surface area contributed by atoms with Crippen LogP contribution >= 0.6 is 45.2 Å². The van der Waals surface area contributed by atoms with E-state index in [1.54, 1.807) is 17.8 Å². The third-order valence-corrected chi connectivity index (χ3v) is 4.54. The van der Waals surface area contributed by atoms with Gasteiger partial charge in [0.15, 0.2) is 0 Å². The highest BCUT2D eigenvalue weighted by molar-refractivity contribution is 14.1. The van der Waals surface area contributed by atoms with Gasteiger partial charge < -0.3 is 9.30 Å². The number of methoxy groups -OCH3 is 1. The van der Waals surface area contributed by atoms with Crippen molar-refractivity contribution in [2.45, 2.75) is 13.0 Å². The number of imidazole rings is 1. The number of carbonyl (C=O) groups is 1. The van der Waals surface area contributed by atoms with Gasteiger partial charge in [-0.2, -0.15) is 0 Å². The van der Waals surface area contributed by atoms with Crippen LogP contribution in [0.4, 0.5) is 0 Å². The lowest BCUT2D eigenvalue weighted by molar-refractivity contribution is -0.144. The van der Waals surface area contributed by atoms with Crippen molar-refractivity contribution in [3.8, 4) is 0 Å². The summed E-state index contributed by atoms with van der Waals surface area (Å²) >= 11 is 4.27. The zero-order chi connectivity index (χ0) is 10.0. The lowest BCUT2D eigenvalue weighted by Gasteiger charge is -2.11. The van der Waals surface area contributed by atoms with Gasteiger partial charge >= 0.3 is 5.97 Å². The van der Waals surface area contributed by atoms with Gasteiger partial charge in [-0.25, -0.2) is 9.78 Å². The maximum Gasteiger partial charge on any atom is 0.328 e. The van der Waals surface area contributed by atoms with E-state index in [1.165, 1.54) is 7.11 Å². The highest BCUT2D eigenvalue weighted by Crippen LogP contribution is 2.18. The summed E-state index contributed by atoms with van der Waals surface area (Å²) in [4.78, 5) is 15.3. The number of esters is 1. The minimum Gasteiger partial charge on any atom is -0.467 e. The molecule has 1 aromatic rings. The van der Waals surface area contributed by atoms with Crippen molar-refractivity contribution in [2.75, 3.05) is 7.11 Å². The average molecular weight is 406 g/mol. The normalized spacial score (nSPS) is 12.6. The Bertz CT molecular complexity index is 324. The topological polar surface area (TPSA) is 44.1 Å². The maximum atomic E-state index is 11.2. The molecule has 1 rings (SSSR count). The molecule has 6 heteroatoms. The lowest BCUT2D eigenvalue weighted by Crippen LogP contribution is -2.18. The second-order valence-corrected chi connectivity index (χ2v) is 4.48. The summed E-state index contributed by atoms with van der Waals surface area (Å²) in [6, 6.07) is -0.312. The molecular formula is C7H8I2N2O2. The zero-order valence-corrected chi connectivity index (χ0v) is 11.4. The summed E-state index contributed by atoms with van der Waals surface area (Å²) in [5.41, 5.74) is 0. The Balaban J connectivity index is 2.95. The molecule has 0 radical (unpaired) electrons. The van der Waals surface area contributed by atoms with Crippen molar-refractivity contribution in [1.29, 1.82) is 0 Å². The molecule has 13 heavy (non-hydrogen) atoms. The Labute approximate surface area is 103 Å². The van der Waals surface area contributed by atoms with Crippen LogP contribution < -0.4 is 0 Å². The molecule has 0 aromatic carbocycles. The van der Waals surface area contributed by atoms with Crippen LogP contribution in [0.3, 0.4) is 0 Å². The number of hydrogen-bond donors (Lipinski definition) is 0. The van der Waals surface area contributed by atoms with Gasteiger partial charge in [-0.05, 0) is 52.1 Å². The predicted molar refractivity (Wildman–Crippen MR) is 64.4 cm³/mol. The summed E-state index contributed by atoms with van der Waals surface area (Å²) in [5, 5.41) is 0. The Morgan fingerprint density at radius 2 is 2.31 bits per heavy atom. The fourth-order valence-electron chi connectivity index (χ4n) is 0.878. The first-order chi connectivity index (χ1) is 6.07. The van der Waals surface area contributed by atoms with Gasteiger partial charge in [-0.3, -0.25) is 0 Å². The second-order valence-electron chi connectivity index (χ2n) is 2.43. The van der Waals surface area contributed by atoms with Gasteiger partial charge in [0.05, 0.1) is 13.4 Å². The van der Waals surface area contributed by atoms with Gasteiger partial charge in [-0.1, -0.05) is 0 Å². The van der Waals surface area contributed by atoms with Crippen molar-refractivity contribution in [3.63, 3.8) is 0 Å². The van der Waals surface area contributed by atoms with E-state index in [1.807, 2.05) is 0 Å². The van der Waals surface area contributed by atoms with Crippen LogP contribution in [-0.4, -0.2) is 22.6 Å². The average Bonchev–Trinajstić information content (AvgIpc) is 2.45. The number of rotatable bonds is 2. The first-order valence-corrected chi connectivity index (χ1v) is 5.69. The molecule has 4 nitrogen and oxygen atoms in total. The molecule has 0 N–H and O–H groups in total. The molecule has 1 aromatic heterocycles. The summed E-state index contributed by atoms with van der Waals surface area (Å²) in [5.74, 6) is -0.258. The van der Waals surface area contributed by atoms with Gasteiger partial charge in [0.2, 0.25) is 0 Å². The minimum atomic E-state index is -0.312. The van der Waals surface area contributed by atoms with Crippen LogP contribution in [0.25, 0.3) is 0 Å². The summed E-state index contributed by atoms with van der Waals surface area (Å²) in [6.45, 7) is 1.78. The molecule has 0 spiro atoms. The highest BCUT2D eigenvalue weighted by atomic mass is 127. The van der Waals surface area contributed by atoms with E-state index in [-0.39, 0.29) is 12.0 Å². The first kappa shape index (κ1) is 11.2. The number of hydrogen-bond acceptors (Lipinski definition) is 3. The summed E-state index contributed by atoms with van der Waals surface area (Å²) in [7, 11) is 1.38. The molecule has 1 heterocycles. The van der Waals surface area contributed by atoms with E-state index in [9.17, 15) is 4.79 Å². The quantitative estimate of drug-likeness (QED) is 0.557. The molecule has 0 unspecified atom stereocenters. The van der Waals surface area contributed by atoms with E-state index >= 15 is 0 Å². The van der Waals surface area contributed by atoms with Crippen LogP contribution in [0.2, 0.25) is 0 Å². The lowest BCUT2D eigenvalue weighted by atomic mass is 10.3. The molecule has 0 aliphatic carbocycles. The molecule has 72 valence electrons. The SMILES string of the molecule is COC(=O)[C@@H](C)n1cnc(I)c1I. The molecule has 0 aliphatic rings. The number of aromatic nitrogens is 2. The predicted octanol–water partition coefficient (Wildman–Crippen LogP) is 1.83.